The molecule has 1 heterocycles. The molecule has 258 valence electrons. The number of hydrogen-bond donors (Lipinski definition) is 4. The normalized spacial score (nSPS) is 18.9. The molecule has 0 aromatic heterocycles. The highest BCUT2D eigenvalue weighted by Gasteiger charge is 2.42. The lowest BCUT2D eigenvalue weighted by atomic mass is 9.84. The van der Waals surface area contributed by atoms with Crippen LogP contribution in [0, 0.1) is 11.8 Å². The Morgan fingerprint density at radius 1 is 1.04 bits per heavy atom. The van der Waals surface area contributed by atoms with E-state index >= 15 is 0 Å². The fourth-order valence-electron chi connectivity index (χ4n) is 5.81. The van der Waals surface area contributed by atoms with Gasteiger partial charge in [0.25, 0.3) is 0 Å². The Hall–Kier alpha value is -3.10. The third-order valence-corrected chi connectivity index (χ3v) is 9.49. The smallest absolute Gasteiger partial charge is 0.445 e. The number of carbonyl (C=O) groups excluding carboxylic acids is 4. The van der Waals surface area contributed by atoms with Gasteiger partial charge < -0.3 is 30.2 Å². The number of hydrogen-bond acceptors (Lipinski definition) is 9. The number of alkyl carbamates (subject to hydrolysis) is 1. The standard InChI is InChI=1S/C31H46ClN3O10S/c1-2-3-4-8-16-43-31(39)45-29(46(40,41)42)26(19-23-14-15-33-27(23)36)34-28(37)25(18-21-10-6-5-7-11-21)35-30(38)44-20-22-12-9-13-24(32)17-22/h9,12-13,17,21,23,25-26,29H,2-8,10-11,14-16,18-20H2,1H3,(H,33,36)(H,34,37)(H,35,38)(H,40,41,42). The minimum Gasteiger partial charge on any atom is -0.445 e. The molecule has 4 N–H and O–H groups in total. The van der Waals surface area contributed by atoms with Gasteiger partial charge in [0.05, 0.1) is 12.6 Å². The van der Waals surface area contributed by atoms with E-state index in [0.717, 1.165) is 51.4 Å². The number of unbranched alkanes of at least 4 members (excludes halogenated alkanes) is 3. The van der Waals surface area contributed by atoms with Crippen LogP contribution in [-0.4, -0.2) is 67.7 Å². The second-order valence-electron chi connectivity index (χ2n) is 11.9. The summed E-state index contributed by atoms with van der Waals surface area (Å²) in [4.78, 5) is 51.5. The Balaban J connectivity index is 1.78. The van der Waals surface area contributed by atoms with Crippen LogP contribution in [-0.2, 0) is 40.5 Å². The zero-order chi connectivity index (χ0) is 33.5. The molecule has 3 rings (SSSR count). The summed E-state index contributed by atoms with van der Waals surface area (Å²) < 4.78 is 50.6. The van der Waals surface area contributed by atoms with Gasteiger partial charge in [0.2, 0.25) is 17.3 Å². The lowest BCUT2D eigenvalue weighted by Crippen LogP contribution is -2.56. The predicted octanol–water partition coefficient (Wildman–Crippen LogP) is 4.86. The number of amides is 3. The summed E-state index contributed by atoms with van der Waals surface area (Å²) in [6.45, 7) is 2.22. The van der Waals surface area contributed by atoms with Gasteiger partial charge in [-0.15, -0.1) is 0 Å². The predicted molar refractivity (Wildman–Crippen MR) is 169 cm³/mol. The van der Waals surface area contributed by atoms with Crippen molar-refractivity contribution in [2.75, 3.05) is 13.2 Å². The van der Waals surface area contributed by atoms with Gasteiger partial charge in [-0.3, -0.25) is 14.1 Å². The maximum atomic E-state index is 13.8. The van der Waals surface area contributed by atoms with Gasteiger partial charge in [-0.05, 0) is 49.3 Å². The second-order valence-corrected chi connectivity index (χ2v) is 13.9. The molecule has 4 unspecified atom stereocenters. The van der Waals surface area contributed by atoms with Crippen LogP contribution in [0.2, 0.25) is 5.02 Å². The summed E-state index contributed by atoms with van der Waals surface area (Å²) in [5, 5.41) is 8.26. The molecule has 46 heavy (non-hydrogen) atoms. The molecular weight excluding hydrogens is 642 g/mol. The molecule has 13 nitrogen and oxygen atoms in total. The Morgan fingerprint density at radius 3 is 2.46 bits per heavy atom. The highest BCUT2D eigenvalue weighted by molar-refractivity contribution is 7.86. The lowest BCUT2D eigenvalue weighted by Gasteiger charge is -2.30. The first-order valence-electron chi connectivity index (χ1n) is 16.0. The molecule has 1 saturated carbocycles. The molecule has 15 heteroatoms. The zero-order valence-electron chi connectivity index (χ0n) is 26.2. The van der Waals surface area contributed by atoms with Gasteiger partial charge in [-0.25, -0.2) is 9.59 Å². The van der Waals surface area contributed by atoms with E-state index < -0.39 is 51.7 Å². The maximum Gasteiger partial charge on any atom is 0.509 e. The van der Waals surface area contributed by atoms with Crippen molar-refractivity contribution in [3.05, 3.63) is 34.9 Å². The van der Waals surface area contributed by atoms with Crippen molar-refractivity contribution in [2.45, 2.75) is 108 Å². The van der Waals surface area contributed by atoms with E-state index in [1.54, 1.807) is 24.3 Å². The van der Waals surface area contributed by atoms with E-state index in [-0.39, 0.29) is 37.9 Å². The molecule has 0 bridgehead atoms. The van der Waals surface area contributed by atoms with Crippen molar-refractivity contribution >= 4 is 45.8 Å². The number of carbonyl (C=O) groups is 4. The molecule has 4 atom stereocenters. The van der Waals surface area contributed by atoms with E-state index in [9.17, 15) is 32.1 Å². The number of ether oxygens (including phenoxy) is 3. The second kappa shape index (κ2) is 18.9. The highest BCUT2D eigenvalue weighted by atomic mass is 35.5. The third kappa shape index (κ3) is 13.0. The minimum absolute atomic E-state index is 0.0240. The summed E-state index contributed by atoms with van der Waals surface area (Å²) in [5.41, 5.74) is -1.63. The van der Waals surface area contributed by atoms with E-state index in [0.29, 0.717) is 30.0 Å². The molecule has 2 aliphatic rings. The molecule has 1 aliphatic carbocycles. The van der Waals surface area contributed by atoms with Crippen LogP contribution in [0.4, 0.5) is 9.59 Å². The summed E-state index contributed by atoms with van der Waals surface area (Å²) in [6.07, 6.45) is 6.00. The maximum absolute atomic E-state index is 13.8. The van der Waals surface area contributed by atoms with Crippen LogP contribution in [0.25, 0.3) is 0 Å². The van der Waals surface area contributed by atoms with Crippen molar-refractivity contribution in [1.82, 2.24) is 16.0 Å². The Kier molecular flexibility index (Phi) is 15.3. The fourth-order valence-corrected chi connectivity index (χ4v) is 6.82. The van der Waals surface area contributed by atoms with E-state index in [1.165, 1.54) is 0 Å². The topological polar surface area (TPSA) is 186 Å². The lowest BCUT2D eigenvalue weighted by molar-refractivity contribution is -0.126. The number of benzene rings is 1. The number of halogens is 1. The zero-order valence-corrected chi connectivity index (χ0v) is 27.8. The van der Waals surface area contributed by atoms with Crippen LogP contribution in [0.1, 0.15) is 89.5 Å². The molecule has 2 fully saturated rings. The quantitative estimate of drug-likeness (QED) is 0.100. The monoisotopic (exact) mass is 687 g/mol. The van der Waals surface area contributed by atoms with Gasteiger partial charge in [0.1, 0.15) is 12.6 Å². The van der Waals surface area contributed by atoms with E-state index in [4.69, 9.17) is 25.8 Å². The molecule has 1 aliphatic heterocycles. The molecule has 0 spiro atoms. The van der Waals surface area contributed by atoms with Gasteiger partial charge in [-0.2, -0.15) is 8.42 Å². The minimum atomic E-state index is -5.11. The number of nitrogens with one attached hydrogen (secondary N) is 3. The van der Waals surface area contributed by atoms with E-state index in [1.807, 2.05) is 6.92 Å². The van der Waals surface area contributed by atoms with Crippen LogP contribution in [0.5, 0.6) is 0 Å². The molecule has 1 aromatic rings. The first-order chi connectivity index (χ1) is 22.0. The van der Waals surface area contributed by atoms with Crippen LogP contribution >= 0.6 is 11.6 Å². The van der Waals surface area contributed by atoms with Gasteiger partial charge in [-0.1, -0.05) is 82.0 Å². The van der Waals surface area contributed by atoms with Crippen LogP contribution in [0.3, 0.4) is 0 Å². The van der Waals surface area contributed by atoms with Gasteiger partial charge >= 0.3 is 22.4 Å². The summed E-state index contributed by atoms with van der Waals surface area (Å²) in [5.74, 6) is -1.77. The SMILES string of the molecule is CCCCCCOC(=O)OC(C(CC1CCNC1=O)NC(=O)C(CC1CCCCC1)NC(=O)OCc1cccc(Cl)c1)S(=O)(=O)O. The first kappa shape index (κ1) is 37.4. The average molecular weight is 688 g/mol. The summed E-state index contributed by atoms with van der Waals surface area (Å²) in [6, 6.07) is 4.05. The molecule has 3 amide bonds. The average Bonchev–Trinajstić information content (AvgIpc) is 3.41. The Labute approximate surface area is 275 Å². The van der Waals surface area contributed by atoms with Gasteiger partial charge in [0.15, 0.2) is 0 Å². The van der Waals surface area contributed by atoms with E-state index in [2.05, 4.69) is 16.0 Å². The molecule has 1 saturated heterocycles. The fraction of sp³-hybridized carbons (Fsp3) is 0.677. The van der Waals surface area contributed by atoms with Gasteiger partial charge in [0, 0.05) is 17.5 Å². The largest absolute Gasteiger partial charge is 0.509 e. The summed E-state index contributed by atoms with van der Waals surface area (Å²) in [7, 11) is -5.11. The van der Waals surface area contributed by atoms with Crippen molar-refractivity contribution < 1.29 is 46.4 Å². The first-order valence-corrected chi connectivity index (χ1v) is 17.9. The van der Waals surface area contributed by atoms with Crippen LogP contribution in [0.15, 0.2) is 24.3 Å². The molecule has 1 aromatic carbocycles. The van der Waals surface area contributed by atoms with Crippen molar-refractivity contribution in [3.8, 4) is 0 Å². The van der Waals surface area contributed by atoms with Crippen LogP contribution < -0.4 is 16.0 Å². The Bertz CT molecular complexity index is 1270. The van der Waals surface area contributed by atoms with Crippen molar-refractivity contribution in [1.29, 1.82) is 0 Å². The number of rotatable bonds is 17. The molecule has 0 radical (unpaired) electrons. The Morgan fingerprint density at radius 2 is 1.80 bits per heavy atom. The van der Waals surface area contributed by atoms with Crippen molar-refractivity contribution in [2.24, 2.45) is 11.8 Å². The molecular formula is C31H46ClN3O10S. The highest BCUT2D eigenvalue weighted by Crippen LogP contribution is 2.28. The van der Waals surface area contributed by atoms with Crippen molar-refractivity contribution in [3.63, 3.8) is 0 Å². The third-order valence-electron chi connectivity index (χ3n) is 8.24. The summed E-state index contributed by atoms with van der Waals surface area (Å²) >= 11 is 6.01.